The first-order chi connectivity index (χ1) is 8.74. The molecule has 1 atom stereocenters. The summed E-state index contributed by atoms with van der Waals surface area (Å²) in [6, 6.07) is 15.2. The normalized spacial score (nSPS) is 14.1. The average Bonchev–Trinajstić information content (AvgIpc) is 2.41. The van der Waals surface area contributed by atoms with E-state index in [2.05, 4.69) is 4.98 Å². The van der Waals surface area contributed by atoms with Gasteiger partial charge in [0.1, 0.15) is 5.60 Å². The van der Waals surface area contributed by atoms with Crippen LogP contribution < -0.4 is 0 Å². The monoisotopic (exact) mass is 243 g/mol. The van der Waals surface area contributed by atoms with Crippen LogP contribution in [0.15, 0.2) is 54.7 Å². The molecular formula is C15H17NO2. The predicted molar refractivity (Wildman–Crippen MR) is 70.2 cm³/mol. The number of ether oxygens (including phenoxy) is 1. The minimum absolute atomic E-state index is 0.244. The van der Waals surface area contributed by atoms with E-state index in [1.807, 2.05) is 48.5 Å². The van der Waals surface area contributed by atoms with Crippen molar-refractivity contribution in [2.45, 2.75) is 12.0 Å². The molecule has 0 aliphatic rings. The molecule has 0 fully saturated rings. The number of pyridine rings is 1. The second kappa shape index (κ2) is 5.76. The highest BCUT2D eigenvalue weighted by molar-refractivity contribution is 5.24. The number of hydrogen-bond donors (Lipinski definition) is 1. The minimum Gasteiger partial charge on any atom is -0.382 e. The van der Waals surface area contributed by atoms with E-state index in [1.165, 1.54) is 0 Å². The van der Waals surface area contributed by atoms with Gasteiger partial charge in [-0.2, -0.15) is 0 Å². The Balaban J connectivity index is 2.27. The van der Waals surface area contributed by atoms with Crippen molar-refractivity contribution in [2.24, 2.45) is 0 Å². The zero-order valence-electron chi connectivity index (χ0n) is 10.4. The lowest BCUT2D eigenvalue weighted by molar-refractivity contribution is -0.0361. The maximum atomic E-state index is 10.8. The van der Waals surface area contributed by atoms with E-state index in [1.54, 1.807) is 13.3 Å². The molecular weight excluding hydrogens is 226 g/mol. The largest absolute Gasteiger partial charge is 0.382 e. The van der Waals surface area contributed by atoms with Gasteiger partial charge in [0.25, 0.3) is 0 Å². The molecule has 18 heavy (non-hydrogen) atoms. The Morgan fingerprint density at radius 2 is 1.83 bits per heavy atom. The molecule has 0 bridgehead atoms. The molecule has 0 aliphatic heterocycles. The van der Waals surface area contributed by atoms with Crippen molar-refractivity contribution in [3.63, 3.8) is 0 Å². The Bertz CT molecular complexity index is 472. The first-order valence-corrected chi connectivity index (χ1v) is 5.91. The maximum Gasteiger partial charge on any atom is 0.118 e. The van der Waals surface area contributed by atoms with Gasteiger partial charge in [-0.3, -0.25) is 4.98 Å². The lowest BCUT2D eigenvalue weighted by Gasteiger charge is -2.27. The van der Waals surface area contributed by atoms with Crippen molar-refractivity contribution >= 4 is 0 Å². The zero-order valence-corrected chi connectivity index (χ0v) is 10.4. The Morgan fingerprint density at radius 1 is 1.11 bits per heavy atom. The molecule has 1 unspecified atom stereocenters. The SMILES string of the molecule is COCC(O)(Cc1ccccn1)c1ccccc1. The third kappa shape index (κ3) is 2.94. The van der Waals surface area contributed by atoms with E-state index in [0.717, 1.165) is 11.3 Å². The summed E-state index contributed by atoms with van der Waals surface area (Å²) in [4.78, 5) is 4.26. The molecule has 0 saturated carbocycles. The number of hydrogen-bond acceptors (Lipinski definition) is 3. The van der Waals surface area contributed by atoms with Gasteiger partial charge in [0, 0.05) is 25.4 Å². The maximum absolute atomic E-state index is 10.8. The van der Waals surface area contributed by atoms with Crippen LogP contribution in [0.4, 0.5) is 0 Å². The molecule has 1 heterocycles. The lowest BCUT2D eigenvalue weighted by Crippen LogP contribution is -2.34. The van der Waals surface area contributed by atoms with Gasteiger partial charge in [-0.05, 0) is 17.7 Å². The second-order valence-corrected chi connectivity index (χ2v) is 4.33. The van der Waals surface area contributed by atoms with Crippen LogP contribution in [0.5, 0.6) is 0 Å². The highest BCUT2D eigenvalue weighted by Crippen LogP contribution is 2.25. The van der Waals surface area contributed by atoms with Gasteiger partial charge in [0.15, 0.2) is 0 Å². The molecule has 0 radical (unpaired) electrons. The van der Waals surface area contributed by atoms with Gasteiger partial charge in [-0.25, -0.2) is 0 Å². The van der Waals surface area contributed by atoms with Gasteiger partial charge in [0.2, 0.25) is 0 Å². The summed E-state index contributed by atoms with van der Waals surface area (Å²) in [6.45, 7) is 0.244. The van der Waals surface area contributed by atoms with Crippen molar-refractivity contribution in [2.75, 3.05) is 13.7 Å². The topological polar surface area (TPSA) is 42.4 Å². The number of rotatable bonds is 5. The van der Waals surface area contributed by atoms with Gasteiger partial charge in [-0.15, -0.1) is 0 Å². The third-order valence-corrected chi connectivity index (χ3v) is 2.89. The highest BCUT2D eigenvalue weighted by atomic mass is 16.5. The number of aliphatic hydroxyl groups is 1. The molecule has 0 spiro atoms. The molecule has 0 amide bonds. The zero-order chi connectivity index (χ0) is 12.8. The number of methoxy groups -OCH3 is 1. The number of benzene rings is 1. The molecule has 0 aliphatic carbocycles. The van der Waals surface area contributed by atoms with Gasteiger partial charge < -0.3 is 9.84 Å². The summed E-state index contributed by atoms with van der Waals surface area (Å²) in [7, 11) is 1.59. The van der Waals surface area contributed by atoms with Crippen molar-refractivity contribution < 1.29 is 9.84 Å². The molecule has 3 nitrogen and oxygen atoms in total. The van der Waals surface area contributed by atoms with Crippen LogP contribution in [-0.4, -0.2) is 23.8 Å². The first kappa shape index (κ1) is 12.7. The molecule has 1 aromatic carbocycles. The van der Waals surface area contributed by atoms with Crippen molar-refractivity contribution in [1.29, 1.82) is 0 Å². The molecule has 3 heteroatoms. The van der Waals surface area contributed by atoms with Crippen LogP contribution in [0.1, 0.15) is 11.3 Å². The van der Waals surface area contributed by atoms with Crippen LogP contribution in [0, 0.1) is 0 Å². The van der Waals surface area contributed by atoms with E-state index in [0.29, 0.717) is 6.42 Å². The van der Waals surface area contributed by atoms with Crippen molar-refractivity contribution in [1.82, 2.24) is 4.98 Å². The fourth-order valence-electron chi connectivity index (χ4n) is 2.03. The van der Waals surface area contributed by atoms with Crippen LogP contribution in [0.25, 0.3) is 0 Å². The summed E-state index contributed by atoms with van der Waals surface area (Å²) in [5.41, 5.74) is 0.656. The molecule has 2 rings (SSSR count). The summed E-state index contributed by atoms with van der Waals surface area (Å²) in [5.74, 6) is 0. The molecule has 94 valence electrons. The van der Waals surface area contributed by atoms with E-state index >= 15 is 0 Å². The molecule has 1 aromatic heterocycles. The fraction of sp³-hybridized carbons (Fsp3) is 0.267. The van der Waals surface area contributed by atoms with Crippen LogP contribution in [0.3, 0.4) is 0 Å². The van der Waals surface area contributed by atoms with Gasteiger partial charge in [-0.1, -0.05) is 36.4 Å². The number of aromatic nitrogens is 1. The molecule has 0 saturated heterocycles. The highest BCUT2D eigenvalue weighted by Gasteiger charge is 2.30. The van der Waals surface area contributed by atoms with Gasteiger partial charge >= 0.3 is 0 Å². The summed E-state index contributed by atoms with van der Waals surface area (Å²) >= 11 is 0. The average molecular weight is 243 g/mol. The third-order valence-electron chi connectivity index (χ3n) is 2.89. The van der Waals surface area contributed by atoms with E-state index in [9.17, 15) is 5.11 Å². The summed E-state index contributed by atoms with van der Waals surface area (Å²) in [5, 5.41) is 10.8. The van der Waals surface area contributed by atoms with E-state index in [4.69, 9.17) is 4.74 Å². The molecule has 2 aromatic rings. The predicted octanol–water partition coefficient (Wildman–Crippen LogP) is 2.16. The first-order valence-electron chi connectivity index (χ1n) is 5.91. The van der Waals surface area contributed by atoms with Crippen molar-refractivity contribution in [3.05, 3.63) is 66.0 Å². The standard InChI is InChI=1S/C15H17NO2/c1-18-12-15(17,13-7-3-2-4-8-13)11-14-9-5-6-10-16-14/h2-10,17H,11-12H2,1H3. The Hall–Kier alpha value is -1.71. The number of nitrogens with zero attached hydrogens (tertiary/aromatic N) is 1. The summed E-state index contributed by atoms with van der Waals surface area (Å²) in [6.07, 6.45) is 2.17. The quantitative estimate of drug-likeness (QED) is 0.875. The van der Waals surface area contributed by atoms with Crippen LogP contribution in [0.2, 0.25) is 0 Å². The van der Waals surface area contributed by atoms with Crippen LogP contribution in [-0.2, 0) is 16.8 Å². The smallest absolute Gasteiger partial charge is 0.118 e. The second-order valence-electron chi connectivity index (χ2n) is 4.33. The van der Waals surface area contributed by atoms with Crippen molar-refractivity contribution in [3.8, 4) is 0 Å². The Kier molecular flexibility index (Phi) is 4.07. The van der Waals surface area contributed by atoms with E-state index in [-0.39, 0.29) is 6.61 Å². The Morgan fingerprint density at radius 3 is 2.44 bits per heavy atom. The summed E-state index contributed by atoms with van der Waals surface area (Å²) < 4.78 is 5.16. The molecule has 1 N–H and O–H groups in total. The fourth-order valence-corrected chi connectivity index (χ4v) is 2.03. The lowest BCUT2D eigenvalue weighted by atomic mass is 9.89. The van der Waals surface area contributed by atoms with Crippen LogP contribution >= 0.6 is 0 Å². The van der Waals surface area contributed by atoms with E-state index < -0.39 is 5.60 Å². The minimum atomic E-state index is -1.04. The van der Waals surface area contributed by atoms with Gasteiger partial charge in [0.05, 0.1) is 6.61 Å². The Labute approximate surface area is 107 Å².